The molecule has 0 saturated heterocycles. The van der Waals surface area contributed by atoms with Crippen LogP contribution in [0.3, 0.4) is 0 Å². The molecule has 31 heavy (non-hydrogen) atoms. The van der Waals surface area contributed by atoms with E-state index in [0.29, 0.717) is 10.5 Å². The molecule has 1 unspecified atom stereocenters. The third-order valence-corrected chi connectivity index (χ3v) is 5.26. The zero-order chi connectivity index (χ0) is 22.9. The van der Waals surface area contributed by atoms with E-state index in [1.165, 1.54) is 32.0 Å². The number of Topliss-reactive ketones (excluding diaryl/α,β-unsaturated/α-hetero) is 1. The van der Waals surface area contributed by atoms with Gasteiger partial charge in [-0.1, -0.05) is 35.3 Å². The predicted octanol–water partition coefficient (Wildman–Crippen LogP) is 3.36. The number of carbonyl (C=O) groups is 5. The quantitative estimate of drug-likeness (QED) is 0.400. The fraction of sp³-hybridized carbons (Fsp3) is 0.190. The van der Waals surface area contributed by atoms with Crippen LogP contribution in [0, 0.1) is 0 Å². The number of esters is 1. The average molecular weight is 463 g/mol. The zero-order valence-corrected chi connectivity index (χ0v) is 17.9. The lowest BCUT2D eigenvalue weighted by Gasteiger charge is -2.17. The van der Waals surface area contributed by atoms with Gasteiger partial charge in [-0.3, -0.25) is 28.9 Å². The van der Waals surface area contributed by atoms with Crippen molar-refractivity contribution in [3.8, 4) is 0 Å². The van der Waals surface area contributed by atoms with Crippen LogP contribution in [0.5, 0.6) is 0 Å². The molecule has 1 atom stereocenters. The van der Waals surface area contributed by atoms with Crippen LogP contribution in [0.1, 0.15) is 44.9 Å². The first-order valence-electron chi connectivity index (χ1n) is 9.05. The number of hydrogen-bond donors (Lipinski definition) is 1. The summed E-state index contributed by atoms with van der Waals surface area (Å²) >= 11 is 11.8. The summed E-state index contributed by atoms with van der Waals surface area (Å²) < 4.78 is 5.06. The molecular weight excluding hydrogens is 447 g/mol. The van der Waals surface area contributed by atoms with Gasteiger partial charge < -0.3 is 10.1 Å². The number of amides is 3. The second-order valence-corrected chi connectivity index (χ2v) is 7.55. The van der Waals surface area contributed by atoms with Crippen molar-refractivity contribution in [1.29, 1.82) is 0 Å². The van der Waals surface area contributed by atoms with Gasteiger partial charge in [0.1, 0.15) is 6.54 Å². The number of fused-ring (bicyclic) bond motifs is 1. The molecule has 3 amide bonds. The Kier molecular flexibility index (Phi) is 6.42. The number of rotatable bonds is 6. The monoisotopic (exact) mass is 462 g/mol. The Labute approximate surface area is 187 Å². The van der Waals surface area contributed by atoms with Crippen LogP contribution < -0.4 is 5.32 Å². The minimum absolute atomic E-state index is 0.0267. The highest BCUT2D eigenvalue weighted by Crippen LogP contribution is 2.31. The largest absolute Gasteiger partial charge is 0.451 e. The first-order chi connectivity index (χ1) is 14.6. The molecule has 0 radical (unpaired) electrons. The fourth-order valence-corrected chi connectivity index (χ4v) is 3.31. The standard InChI is InChI=1S/C21H16Cl2N2O6/c1-10(26)12-5-3-4-6-17(12)24-19(28)11(2)31-18(27)9-25-20(29)13-7-15(22)16(23)8-14(13)21(25)30/h3-8,11H,9H2,1-2H3,(H,24,28). The summed E-state index contributed by atoms with van der Waals surface area (Å²) in [5.41, 5.74) is 0.632. The van der Waals surface area contributed by atoms with E-state index in [1.807, 2.05) is 0 Å². The van der Waals surface area contributed by atoms with E-state index in [4.69, 9.17) is 27.9 Å². The maximum Gasteiger partial charge on any atom is 0.326 e. The Bertz CT molecular complexity index is 1090. The summed E-state index contributed by atoms with van der Waals surface area (Å²) in [5, 5.41) is 2.72. The van der Waals surface area contributed by atoms with Crippen LogP contribution in [-0.4, -0.2) is 47.0 Å². The molecule has 0 spiro atoms. The van der Waals surface area contributed by atoms with Gasteiger partial charge in [0, 0.05) is 5.56 Å². The maximum absolute atomic E-state index is 12.5. The molecule has 160 valence electrons. The van der Waals surface area contributed by atoms with Crippen LogP contribution in [-0.2, 0) is 14.3 Å². The van der Waals surface area contributed by atoms with Crippen LogP contribution in [0.2, 0.25) is 10.0 Å². The molecule has 1 heterocycles. The summed E-state index contributed by atoms with van der Waals surface area (Å²) in [6.07, 6.45) is -1.24. The van der Waals surface area contributed by atoms with Gasteiger partial charge in [0.25, 0.3) is 17.7 Å². The number of hydrogen-bond acceptors (Lipinski definition) is 6. The van der Waals surface area contributed by atoms with Crippen molar-refractivity contribution in [3.63, 3.8) is 0 Å². The third kappa shape index (κ3) is 4.60. The van der Waals surface area contributed by atoms with Crippen LogP contribution in [0.15, 0.2) is 36.4 Å². The molecule has 1 aliphatic heterocycles. The number of ether oxygens (including phenoxy) is 1. The van der Waals surface area contributed by atoms with Crippen LogP contribution in [0.4, 0.5) is 5.69 Å². The van der Waals surface area contributed by atoms with Crippen molar-refractivity contribution in [3.05, 3.63) is 63.1 Å². The van der Waals surface area contributed by atoms with E-state index in [9.17, 15) is 24.0 Å². The van der Waals surface area contributed by atoms with Gasteiger partial charge in [0.05, 0.1) is 26.9 Å². The molecule has 2 aromatic carbocycles. The van der Waals surface area contributed by atoms with E-state index >= 15 is 0 Å². The highest BCUT2D eigenvalue weighted by atomic mass is 35.5. The van der Waals surface area contributed by atoms with Gasteiger partial charge in [-0.15, -0.1) is 0 Å². The van der Waals surface area contributed by atoms with Gasteiger partial charge in [-0.2, -0.15) is 0 Å². The molecule has 10 heteroatoms. The molecule has 3 rings (SSSR count). The molecule has 0 aromatic heterocycles. The Hall–Kier alpha value is -3.23. The summed E-state index contributed by atoms with van der Waals surface area (Å²) in [6, 6.07) is 8.89. The molecule has 1 aliphatic rings. The lowest BCUT2D eigenvalue weighted by molar-refractivity contribution is -0.153. The van der Waals surface area contributed by atoms with E-state index in [0.717, 1.165) is 0 Å². The van der Waals surface area contributed by atoms with E-state index in [2.05, 4.69) is 5.32 Å². The topological polar surface area (TPSA) is 110 Å². The number of nitrogens with zero attached hydrogens (tertiary/aromatic N) is 1. The van der Waals surface area contributed by atoms with Gasteiger partial charge in [0.15, 0.2) is 11.9 Å². The molecule has 8 nitrogen and oxygen atoms in total. The van der Waals surface area contributed by atoms with Crippen molar-refractivity contribution in [2.45, 2.75) is 20.0 Å². The number of benzene rings is 2. The summed E-state index contributed by atoms with van der Waals surface area (Å²) in [5.74, 6) is -3.32. The van der Waals surface area contributed by atoms with Gasteiger partial charge in [-0.05, 0) is 38.1 Å². The number of para-hydroxylation sites is 1. The Balaban J connectivity index is 1.64. The van der Waals surface area contributed by atoms with Crippen LogP contribution in [0.25, 0.3) is 0 Å². The molecule has 0 fully saturated rings. The SMILES string of the molecule is CC(=O)c1ccccc1NC(=O)C(C)OC(=O)CN1C(=O)c2cc(Cl)c(Cl)cc2C1=O. The molecule has 0 saturated carbocycles. The normalized spacial score (nSPS) is 13.6. The Morgan fingerprint density at radius 1 is 1.03 bits per heavy atom. The van der Waals surface area contributed by atoms with E-state index in [1.54, 1.807) is 18.2 Å². The van der Waals surface area contributed by atoms with Crippen molar-refractivity contribution >= 4 is 58.4 Å². The molecular formula is C21H16Cl2N2O6. The molecule has 0 bridgehead atoms. The molecule has 0 aliphatic carbocycles. The minimum Gasteiger partial charge on any atom is -0.451 e. The van der Waals surface area contributed by atoms with Crippen molar-refractivity contribution in [1.82, 2.24) is 4.90 Å². The molecule has 1 N–H and O–H groups in total. The number of carbonyl (C=O) groups excluding carboxylic acids is 5. The van der Waals surface area contributed by atoms with E-state index < -0.39 is 36.3 Å². The van der Waals surface area contributed by atoms with Crippen molar-refractivity contribution in [2.24, 2.45) is 0 Å². The molecule has 2 aromatic rings. The Morgan fingerprint density at radius 3 is 2.13 bits per heavy atom. The average Bonchev–Trinajstić information content (AvgIpc) is 2.93. The fourth-order valence-electron chi connectivity index (χ4n) is 2.98. The summed E-state index contributed by atoms with van der Waals surface area (Å²) in [6.45, 7) is 1.99. The summed E-state index contributed by atoms with van der Waals surface area (Å²) in [4.78, 5) is 61.9. The van der Waals surface area contributed by atoms with Gasteiger partial charge >= 0.3 is 5.97 Å². The third-order valence-electron chi connectivity index (χ3n) is 4.54. The number of anilines is 1. The number of nitrogens with one attached hydrogen (secondary N) is 1. The van der Waals surface area contributed by atoms with Gasteiger partial charge in [-0.25, -0.2) is 0 Å². The van der Waals surface area contributed by atoms with Crippen molar-refractivity contribution in [2.75, 3.05) is 11.9 Å². The highest BCUT2D eigenvalue weighted by Gasteiger charge is 2.38. The highest BCUT2D eigenvalue weighted by molar-refractivity contribution is 6.43. The van der Waals surface area contributed by atoms with Crippen molar-refractivity contribution < 1.29 is 28.7 Å². The maximum atomic E-state index is 12.5. The van der Waals surface area contributed by atoms with E-state index in [-0.39, 0.29) is 32.6 Å². The van der Waals surface area contributed by atoms with Crippen LogP contribution >= 0.6 is 23.2 Å². The lowest BCUT2D eigenvalue weighted by Crippen LogP contribution is -2.38. The second-order valence-electron chi connectivity index (χ2n) is 6.73. The lowest BCUT2D eigenvalue weighted by atomic mass is 10.1. The number of ketones is 1. The first kappa shape index (κ1) is 22.5. The minimum atomic E-state index is -1.24. The van der Waals surface area contributed by atoms with Gasteiger partial charge in [0.2, 0.25) is 0 Å². The summed E-state index contributed by atoms with van der Waals surface area (Å²) in [7, 11) is 0. The number of imide groups is 1. The zero-order valence-electron chi connectivity index (χ0n) is 16.4. The number of halogens is 2. The smallest absolute Gasteiger partial charge is 0.326 e. The Morgan fingerprint density at radius 2 is 1.58 bits per heavy atom. The first-order valence-corrected chi connectivity index (χ1v) is 9.81. The predicted molar refractivity (Wildman–Crippen MR) is 112 cm³/mol. The second kappa shape index (κ2) is 8.87.